The van der Waals surface area contributed by atoms with Gasteiger partial charge in [-0.15, -0.1) is 0 Å². The molecule has 0 aromatic rings. The highest BCUT2D eigenvalue weighted by Gasteiger charge is 2.30. The molecule has 0 amide bonds. The third-order valence-corrected chi connectivity index (χ3v) is 19.9. The van der Waals surface area contributed by atoms with E-state index in [0.29, 0.717) is 25.7 Å². The van der Waals surface area contributed by atoms with E-state index < -0.39 is 97.5 Å². The molecule has 3 N–H and O–H groups in total. The zero-order chi connectivity index (χ0) is 70.1. The molecule has 3 unspecified atom stereocenters. The molecule has 0 heterocycles. The Labute approximate surface area is 581 Å². The maximum absolute atomic E-state index is 13.1. The molecule has 0 fully saturated rings. The van der Waals surface area contributed by atoms with E-state index in [2.05, 4.69) is 48.5 Å². The number of unbranched alkanes of at least 4 members (excludes halogenated alkanes) is 41. The van der Waals surface area contributed by atoms with Gasteiger partial charge in [-0.1, -0.05) is 337 Å². The van der Waals surface area contributed by atoms with Crippen LogP contribution in [0.5, 0.6) is 0 Å². The minimum atomic E-state index is -4.96. The van der Waals surface area contributed by atoms with Crippen molar-refractivity contribution in [2.24, 2.45) is 17.8 Å². The van der Waals surface area contributed by atoms with Gasteiger partial charge in [-0.3, -0.25) is 37.3 Å². The minimum absolute atomic E-state index is 0.106. The molecular formula is C76H148O17P2. The number of aliphatic hydroxyl groups excluding tert-OH is 1. The summed E-state index contributed by atoms with van der Waals surface area (Å²) >= 11 is 0. The van der Waals surface area contributed by atoms with Crippen LogP contribution in [0.2, 0.25) is 0 Å². The van der Waals surface area contributed by atoms with E-state index in [1.54, 1.807) is 0 Å². The number of phosphoric ester groups is 2. The van der Waals surface area contributed by atoms with Gasteiger partial charge in [-0.05, 0) is 43.4 Å². The lowest BCUT2D eigenvalue weighted by Crippen LogP contribution is -2.30. The lowest BCUT2D eigenvalue weighted by atomic mass is 10.00. The molecule has 0 bridgehead atoms. The van der Waals surface area contributed by atoms with Crippen molar-refractivity contribution in [1.29, 1.82) is 0 Å². The summed E-state index contributed by atoms with van der Waals surface area (Å²) in [6.07, 6.45) is 52.8. The van der Waals surface area contributed by atoms with Gasteiger partial charge in [-0.2, -0.15) is 0 Å². The number of carbonyl (C=O) groups excluding carboxylic acids is 4. The van der Waals surface area contributed by atoms with Gasteiger partial charge in [0.25, 0.3) is 0 Å². The van der Waals surface area contributed by atoms with E-state index in [9.17, 15) is 43.2 Å². The summed E-state index contributed by atoms with van der Waals surface area (Å²) < 4.78 is 68.5. The molecule has 17 nitrogen and oxygen atoms in total. The second-order valence-corrected chi connectivity index (χ2v) is 31.5. The monoisotopic (exact) mass is 1400 g/mol. The number of ether oxygens (including phenoxy) is 4. The van der Waals surface area contributed by atoms with E-state index in [1.165, 1.54) is 193 Å². The molecule has 6 atom stereocenters. The van der Waals surface area contributed by atoms with Crippen LogP contribution in [0.15, 0.2) is 0 Å². The van der Waals surface area contributed by atoms with Gasteiger partial charge in [0.05, 0.1) is 26.4 Å². The summed E-state index contributed by atoms with van der Waals surface area (Å²) in [5.41, 5.74) is 0. The standard InChI is InChI=1S/C76H148O17P2/c1-8-10-11-12-13-14-15-25-30-36-45-52-59-75(80)93-72(64-87-74(79)58-51-44-39-38-42-49-56-69(7)9-2)66-91-95(84,85)89-62-70(77)61-88-94(82,83)90-65-71(63-86-73(78)57-50-43-35-32-27-29-34-41-48-55-68(5)6)92-76(81)60-53-46-37-31-26-23-21-19-17-16-18-20-22-24-28-33-40-47-54-67(3)4/h67-72,77H,8-66H2,1-7H3,(H,82,83)(H,84,85)/t69?,70-,71-,72-/m1/s1. The lowest BCUT2D eigenvalue weighted by Gasteiger charge is -2.21. The highest BCUT2D eigenvalue weighted by Crippen LogP contribution is 2.45. The summed E-state index contributed by atoms with van der Waals surface area (Å²) in [6.45, 7) is 11.9. The highest BCUT2D eigenvalue weighted by atomic mass is 31.2. The molecule has 564 valence electrons. The summed E-state index contributed by atoms with van der Waals surface area (Å²) in [4.78, 5) is 72.7. The topological polar surface area (TPSA) is 237 Å². The highest BCUT2D eigenvalue weighted by molar-refractivity contribution is 7.47. The van der Waals surface area contributed by atoms with Gasteiger partial charge in [-0.25, -0.2) is 9.13 Å². The second kappa shape index (κ2) is 66.6. The van der Waals surface area contributed by atoms with Crippen LogP contribution in [-0.2, 0) is 65.4 Å². The first-order valence-corrected chi connectivity index (χ1v) is 42.4. The third-order valence-electron chi connectivity index (χ3n) is 18.0. The van der Waals surface area contributed by atoms with Crippen LogP contribution in [-0.4, -0.2) is 96.7 Å². The zero-order valence-electron chi connectivity index (χ0n) is 62.1. The largest absolute Gasteiger partial charge is 0.472 e. The SMILES string of the molecule is CCCCCCCCCCCCCCC(=O)O[C@H](COC(=O)CCCCCCCCC(C)CC)COP(=O)(O)OC[C@H](O)COP(=O)(O)OC[C@@H](COC(=O)CCCCCCCCCCCC(C)C)OC(=O)CCCCCCCCCCCCCCCCCCCCC(C)C. The molecule has 0 aliphatic rings. The van der Waals surface area contributed by atoms with Crippen molar-refractivity contribution in [3.63, 3.8) is 0 Å². The van der Waals surface area contributed by atoms with Gasteiger partial charge in [0, 0.05) is 25.7 Å². The number of hydrogen-bond acceptors (Lipinski definition) is 15. The normalized spacial score (nSPS) is 14.4. The number of phosphoric acid groups is 2. The Hall–Kier alpha value is -1.94. The van der Waals surface area contributed by atoms with Crippen molar-refractivity contribution in [2.75, 3.05) is 39.6 Å². The van der Waals surface area contributed by atoms with Gasteiger partial charge >= 0.3 is 39.5 Å². The van der Waals surface area contributed by atoms with E-state index in [1.807, 2.05) is 0 Å². The van der Waals surface area contributed by atoms with Crippen molar-refractivity contribution in [3.8, 4) is 0 Å². The first-order valence-electron chi connectivity index (χ1n) is 39.4. The Morgan fingerprint density at radius 1 is 0.305 bits per heavy atom. The van der Waals surface area contributed by atoms with Gasteiger partial charge < -0.3 is 33.8 Å². The van der Waals surface area contributed by atoms with Crippen molar-refractivity contribution >= 4 is 39.5 Å². The van der Waals surface area contributed by atoms with Crippen molar-refractivity contribution in [3.05, 3.63) is 0 Å². The lowest BCUT2D eigenvalue weighted by molar-refractivity contribution is -0.161. The van der Waals surface area contributed by atoms with Crippen LogP contribution in [0, 0.1) is 17.8 Å². The van der Waals surface area contributed by atoms with Gasteiger partial charge in [0.1, 0.15) is 19.3 Å². The van der Waals surface area contributed by atoms with Crippen molar-refractivity contribution < 1.29 is 80.2 Å². The molecular weight excluding hydrogens is 1250 g/mol. The molecule has 0 aromatic heterocycles. The fraction of sp³-hybridized carbons (Fsp3) is 0.947. The first-order chi connectivity index (χ1) is 45.8. The average molecular weight is 1400 g/mol. The predicted octanol–water partition coefficient (Wildman–Crippen LogP) is 22.2. The molecule has 95 heavy (non-hydrogen) atoms. The Kier molecular flexibility index (Phi) is 65.2. The Balaban J connectivity index is 5.20. The van der Waals surface area contributed by atoms with E-state index in [4.69, 9.17) is 37.0 Å². The number of hydrogen-bond donors (Lipinski definition) is 3. The molecule has 0 aliphatic carbocycles. The van der Waals surface area contributed by atoms with Crippen LogP contribution in [0.1, 0.15) is 389 Å². The van der Waals surface area contributed by atoms with Crippen LogP contribution in [0.3, 0.4) is 0 Å². The summed E-state index contributed by atoms with van der Waals surface area (Å²) in [7, 11) is -9.91. The third kappa shape index (κ3) is 69.0. The van der Waals surface area contributed by atoms with E-state index in [-0.39, 0.29) is 25.7 Å². The number of esters is 4. The Morgan fingerprint density at radius 3 is 0.800 bits per heavy atom. The molecule has 0 aromatic carbocycles. The van der Waals surface area contributed by atoms with E-state index in [0.717, 1.165) is 114 Å². The van der Waals surface area contributed by atoms with Crippen LogP contribution >= 0.6 is 15.6 Å². The fourth-order valence-electron chi connectivity index (χ4n) is 11.6. The molecule has 0 radical (unpaired) electrons. The zero-order valence-corrected chi connectivity index (χ0v) is 63.9. The summed E-state index contributed by atoms with van der Waals surface area (Å²) in [5.74, 6) is 0.176. The van der Waals surface area contributed by atoms with Gasteiger partial charge in [0.2, 0.25) is 0 Å². The maximum Gasteiger partial charge on any atom is 0.472 e. The maximum atomic E-state index is 13.1. The quantitative estimate of drug-likeness (QED) is 0.0222. The van der Waals surface area contributed by atoms with Crippen molar-refractivity contribution in [1.82, 2.24) is 0 Å². The number of carbonyl (C=O) groups is 4. The van der Waals surface area contributed by atoms with Crippen LogP contribution < -0.4 is 0 Å². The molecule has 0 rings (SSSR count). The Morgan fingerprint density at radius 2 is 0.537 bits per heavy atom. The Bertz CT molecular complexity index is 1850. The average Bonchev–Trinajstić information content (AvgIpc) is 1.34. The number of aliphatic hydroxyl groups is 1. The van der Waals surface area contributed by atoms with Gasteiger partial charge in [0.15, 0.2) is 12.2 Å². The summed E-state index contributed by atoms with van der Waals surface area (Å²) in [6, 6.07) is 0. The molecule has 0 saturated heterocycles. The number of rotatable bonds is 74. The summed E-state index contributed by atoms with van der Waals surface area (Å²) in [5, 5.41) is 10.6. The second-order valence-electron chi connectivity index (χ2n) is 28.6. The van der Waals surface area contributed by atoms with E-state index >= 15 is 0 Å². The smallest absolute Gasteiger partial charge is 0.462 e. The molecule has 19 heteroatoms. The molecule has 0 spiro atoms. The van der Waals surface area contributed by atoms with Crippen LogP contribution in [0.25, 0.3) is 0 Å². The molecule has 0 aliphatic heterocycles. The van der Waals surface area contributed by atoms with Crippen LogP contribution in [0.4, 0.5) is 0 Å². The predicted molar refractivity (Wildman–Crippen MR) is 386 cm³/mol. The minimum Gasteiger partial charge on any atom is -0.462 e. The molecule has 0 saturated carbocycles. The van der Waals surface area contributed by atoms with Crippen molar-refractivity contribution in [2.45, 2.75) is 407 Å². The fourth-order valence-corrected chi connectivity index (χ4v) is 13.1. The first kappa shape index (κ1) is 93.1.